The van der Waals surface area contributed by atoms with Crippen molar-refractivity contribution in [2.75, 3.05) is 0 Å². The second-order valence-electron chi connectivity index (χ2n) is 4.17. The van der Waals surface area contributed by atoms with Crippen molar-refractivity contribution in [2.45, 2.75) is 18.8 Å². The number of aromatic nitrogens is 1. The molecule has 0 radical (unpaired) electrons. The Hall–Kier alpha value is -1.97. The van der Waals surface area contributed by atoms with Gasteiger partial charge in [-0.1, -0.05) is 0 Å². The molecule has 0 aliphatic heterocycles. The quantitative estimate of drug-likeness (QED) is 0.762. The van der Waals surface area contributed by atoms with Crippen molar-refractivity contribution in [1.82, 2.24) is 4.98 Å². The highest BCUT2D eigenvalue weighted by Crippen LogP contribution is 2.42. The summed E-state index contributed by atoms with van der Waals surface area (Å²) in [7, 11) is 0. The first-order valence-corrected chi connectivity index (χ1v) is 5.50. The minimum absolute atomic E-state index is 0.307. The molecule has 3 rings (SSSR count). The van der Waals surface area contributed by atoms with Crippen LogP contribution in [0, 0.1) is 5.82 Å². The lowest BCUT2D eigenvalue weighted by Gasteiger charge is -1.94. The average molecular weight is 231 g/mol. The van der Waals surface area contributed by atoms with E-state index in [1.54, 1.807) is 12.1 Å². The minimum atomic E-state index is -0.307. The molecule has 1 aromatic carbocycles. The fraction of sp³-hybridized carbons (Fsp3) is 0.231. The Morgan fingerprint density at radius 2 is 2.00 bits per heavy atom. The number of nitrogens with zero attached hydrogens (tertiary/aromatic N) is 1. The van der Waals surface area contributed by atoms with Gasteiger partial charge in [0.05, 0.1) is 0 Å². The molecule has 1 saturated carbocycles. The van der Waals surface area contributed by atoms with Crippen molar-refractivity contribution in [3.8, 4) is 11.5 Å². The van der Waals surface area contributed by atoms with E-state index < -0.39 is 0 Å². The molecule has 86 valence electrons. The van der Waals surface area contributed by atoms with Crippen LogP contribution in [0.25, 0.3) is 11.5 Å². The molecule has 1 fully saturated rings. The molecule has 0 unspecified atom stereocenters. The molecule has 2 aromatic rings. The number of carbonyl (C=O) groups excluding carboxylic acids is 1. The lowest BCUT2D eigenvalue weighted by molar-refractivity contribution is 0.111. The van der Waals surface area contributed by atoms with Crippen LogP contribution in [0.4, 0.5) is 4.39 Å². The fourth-order valence-corrected chi connectivity index (χ4v) is 1.78. The predicted octanol–water partition coefficient (Wildman–Crippen LogP) is 3.17. The number of halogens is 1. The van der Waals surface area contributed by atoms with Gasteiger partial charge < -0.3 is 4.42 Å². The van der Waals surface area contributed by atoms with Crippen molar-refractivity contribution in [3.63, 3.8) is 0 Å². The lowest BCUT2D eigenvalue weighted by Crippen LogP contribution is -1.85. The van der Waals surface area contributed by atoms with Crippen molar-refractivity contribution in [1.29, 1.82) is 0 Å². The van der Waals surface area contributed by atoms with Gasteiger partial charge >= 0.3 is 0 Å². The van der Waals surface area contributed by atoms with Crippen molar-refractivity contribution < 1.29 is 13.6 Å². The molecule has 0 atom stereocenters. The number of carbonyl (C=O) groups is 1. The third-order valence-corrected chi connectivity index (χ3v) is 2.83. The average Bonchev–Trinajstić information content (AvgIpc) is 3.10. The van der Waals surface area contributed by atoms with Gasteiger partial charge in [-0.25, -0.2) is 9.37 Å². The third kappa shape index (κ3) is 1.86. The first-order chi connectivity index (χ1) is 8.28. The SMILES string of the molecule is O=Cc1nc(-c2ccc(F)cc2)oc1C1CC1. The van der Waals surface area contributed by atoms with Gasteiger partial charge in [0.1, 0.15) is 17.3 Å². The summed E-state index contributed by atoms with van der Waals surface area (Å²) < 4.78 is 18.4. The second kappa shape index (κ2) is 3.80. The minimum Gasteiger partial charge on any atom is -0.440 e. The van der Waals surface area contributed by atoms with Crippen molar-refractivity contribution in [3.05, 3.63) is 41.5 Å². The van der Waals surface area contributed by atoms with Gasteiger partial charge in [-0.05, 0) is 37.1 Å². The van der Waals surface area contributed by atoms with E-state index in [0.29, 0.717) is 35.1 Å². The summed E-state index contributed by atoms with van der Waals surface area (Å²) in [6, 6.07) is 5.87. The number of aldehydes is 1. The monoisotopic (exact) mass is 231 g/mol. The smallest absolute Gasteiger partial charge is 0.226 e. The van der Waals surface area contributed by atoms with E-state index in [9.17, 15) is 9.18 Å². The highest BCUT2D eigenvalue weighted by Gasteiger charge is 2.31. The molecule has 0 saturated heterocycles. The zero-order chi connectivity index (χ0) is 11.8. The van der Waals surface area contributed by atoms with Gasteiger partial charge in [0.15, 0.2) is 6.29 Å². The maximum Gasteiger partial charge on any atom is 0.226 e. The summed E-state index contributed by atoms with van der Waals surface area (Å²) in [5.74, 6) is 1.07. The van der Waals surface area contributed by atoms with Crippen LogP contribution in [-0.2, 0) is 0 Å². The summed E-state index contributed by atoms with van der Waals surface area (Å²) in [4.78, 5) is 15.0. The number of hydrogen-bond donors (Lipinski definition) is 0. The molecular formula is C13H10FNO2. The number of hydrogen-bond acceptors (Lipinski definition) is 3. The Labute approximate surface area is 97.3 Å². The third-order valence-electron chi connectivity index (χ3n) is 2.83. The Balaban J connectivity index is 2.02. The number of oxazole rings is 1. The number of benzene rings is 1. The van der Waals surface area contributed by atoms with E-state index in [-0.39, 0.29) is 5.82 Å². The maximum absolute atomic E-state index is 12.8. The summed E-state index contributed by atoms with van der Waals surface area (Å²) in [5, 5.41) is 0. The first kappa shape index (κ1) is 10.2. The van der Waals surface area contributed by atoms with Crippen LogP contribution in [0.15, 0.2) is 28.7 Å². The van der Waals surface area contributed by atoms with Gasteiger partial charge in [-0.2, -0.15) is 0 Å². The van der Waals surface area contributed by atoms with E-state index in [4.69, 9.17) is 4.42 Å². The van der Waals surface area contributed by atoms with Crippen LogP contribution in [0.5, 0.6) is 0 Å². The normalized spacial score (nSPS) is 14.9. The lowest BCUT2D eigenvalue weighted by atomic mass is 10.2. The summed E-state index contributed by atoms with van der Waals surface area (Å²) >= 11 is 0. The van der Waals surface area contributed by atoms with E-state index in [1.165, 1.54) is 12.1 Å². The van der Waals surface area contributed by atoms with E-state index in [2.05, 4.69) is 4.98 Å². The molecule has 0 N–H and O–H groups in total. The topological polar surface area (TPSA) is 43.1 Å². The predicted molar refractivity (Wildman–Crippen MR) is 59.3 cm³/mol. The molecule has 1 aliphatic carbocycles. The molecule has 1 aromatic heterocycles. The van der Waals surface area contributed by atoms with Crippen LogP contribution in [0.1, 0.15) is 35.0 Å². The Morgan fingerprint density at radius 1 is 1.29 bits per heavy atom. The maximum atomic E-state index is 12.8. The molecule has 0 spiro atoms. The van der Waals surface area contributed by atoms with Gasteiger partial charge in [0.2, 0.25) is 5.89 Å². The van der Waals surface area contributed by atoms with E-state index in [0.717, 1.165) is 12.8 Å². The van der Waals surface area contributed by atoms with Crippen LogP contribution in [0.2, 0.25) is 0 Å². The zero-order valence-corrected chi connectivity index (χ0v) is 9.02. The fourth-order valence-electron chi connectivity index (χ4n) is 1.78. The standard InChI is InChI=1S/C13H10FNO2/c14-10-5-3-9(4-6-10)13-15-11(7-16)12(17-13)8-1-2-8/h3-8H,1-2H2. The highest BCUT2D eigenvalue weighted by molar-refractivity contribution is 5.75. The molecule has 1 aliphatic rings. The molecule has 4 heteroatoms. The molecular weight excluding hydrogens is 221 g/mol. The molecule has 0 amide bonds. The first-order valence-electron chi connectivity index (χ1n) is 5.50. The molecule has 3 nitrogen and oxygen atoms in total. The Bertz CT molecular complexity index is 555. The molecule has 0 bridgehead atoms. The number of rotatable bonds is 3. The second-order valence-corrected chi connectivity index (χ2v) is 4.17. The van der Waals surface area contributed by atoms with Crippen molar-refractivity contribution >= 4 is 6.29 Å². The van der Waals surface area contributed by atoms with Crippen LogP contribution >= 0.6 is 0 Å². The van der Waals surface area contributed by atoms with Crippen LogP contribution in [-0.4, -0.2) is 11.3 Å². The van der Waals surface area contributed by atoms with Gasteiger partial charge in [0.25, 0.3) is 0 Å². The largest absolute Gasteiger partial charge is 0.440 e. The van der Waals surface area contributed by atoms with Gasteiger partial charge in [0, 0.05) is 11.5 Å². The van der Waals surface area contributed by atoms with Crippen LogP contribution < -0.4 is 0 Å². The summed E-state index contributed by atoms with van der Waals surface area (Å²) in [6.45, 7) is 0. The van der Waals surface area contributed by atoms with E-state index in [1.807, 2.05) is 0 Å². The Morgan fingerprint density at radius 3 is 2.59 bits per heavy atom. The molecule has 1 heterocycles. The van der Waals surface area contributed by atoms with Crippen LogP contribution in [0.3, 0.4) is 0 Å². The van der Waals surface area contributed by atoms with Gasteiger partial charge in [-0.15, -0.1) is 0 Å². The van der Waals surface area contributed by atoms with E-state index >= 15 is 0 Å². The van der Waals surface area contributed by atoms with Gasteiger partial charge in [-0.3, -0.25) is 4.79 Å². The van der Waals surface area contributed by atoms with Crippen molar-refractivity contribution in [2.24, 2.45) is 0 Å². The highest BCUT2D eigenvalue weighted by atomic mass is 19.1. The summed E-state index contributed by atoms with van der Waals surface area (Å²) in [5.41, 5.74) is 1.05. The Kier molecular flexibility index (Phi) is 2.28. The molecule has 17 heavy (non-hydrogen) atoms. The summed E-state index contributed by atoms with van der Waals surface area (Å²) in [6.07, 6.45) is 2.79. The zero-order valence-electron chi connectivity index (χ0n) is 9.02.